The summed E-state index contributed by atoms with van der Waals surface area (Å²) < 4.78 is 40.7. The second-order valence-electron chi connectivity index (χ2n) is 4.34. The SMILES string of the molecule is Cc1c(F)cc(N)cc1S(=O)(=O)NC(C)c1nccs1. The normalized spacial score (nSPS) is 13.3. The van der Waals surface area contributed by atoms with Crippen molar-refractivity contribution in [1.29, 1.82) is 0 Å². The van der Waals surface area contributed by atoms with Gasteiger partial charge in [-0.05, 0) is 26.0 Å². The van der Waals surface area contributed by atoms with E-state index < -0.39 is 21.9 Å². The van der Waals surface area contributed by atoms with Crippen molar-refractivity contribution >= 4 is 27.0 Å². The number of hydrogen-bond donors (Lipinski definition) is 2. The molecule has 2 aromatic rings. The molecule has 1 heterocycles. The third kappa shape index (κ3) is 2.97. The van der Waals surface area contributed by atoms with E-state index in [0.29, 0.717) is 5.01 Å². The van der Waals surface area contributed by atoms with Gasteiger partial charge >= 0.3 is 0 Å². The van der Waals surface area contributed by atoms with Gasteiger partial charge in [-0.2, -0.15) is 0 Å². The fraction of sp³-hybridized carbons (Fsp3) is 0.250. The largest absolute Gasteiger partial charge is 0.399 e. The molecule has 0 saturated heterocycles. The van der Waals surface area contributed by atoms with Gasteiger partial charge in [0.1, 0.15) is 10.8 Å². The second kappa shape index (κ2) is 5.47. The molecule has 0 aliphatic carbocycles. The monoisotopic (exact) mass is 315 g/mol. The van der Waals surface area contributed by atoms with Crippen LogP contribution in [0.2, 0.25) is 0 Å². The molecular formula is C12H14FN3O2S2. The Balaban J connectivity index is 2.36. The van der Waals surface area contributed by atoms with E-state index in [9.17, 15) is 12.8 Å². The third-order valence-corrected chi connectivity index (χ3v) is 5.39. The summed E-state index contributed by atoms with van der Waals surface area (Å²) in [6.07, 6.45) is 1.59. The van der Waals surface area contributed by atoms with Crippen molar-refractivity contribution in [2.24, 2.45) is 0 Å². The molecular weight excluding hydrogens is 301 g/mol. The fourth-order valence-electron chi connectivity index (χ4n) is 1.75. The number of nitrogen functional groups attached to an aromatic ring is 1. The lowest BCUT2D eigenvalue weighted by molar-refractivity contribution is 0.561. The molecule has 0 amide bonds. The van der Waals surface area contributed by atoms with E-state index in [-0.39, 0.29) is 16.1 Å². The van der Waals surface area contributed by atoms with Crippen LogP contribution in [0, 0.1) is 12.7 Å². The Bertz CT molecular complexity index is 715. The van der Waals surface area contributed by atoms with Gasteiger partial charge in [-0.1, -0.05) is 0 Å². The van der Waals surface area contributed by atoms with Gasteiger partial charge in [0.15, 0.2) is 0 Å². The maximum Gasteiger partial charge on any atom is 0.241 e. The Morgan fingerprint density at radius 2 is 2.15 bits per heavy atom. The quantitative estimate of drug-likeness (QED) is 0.847. The van der Waals surface area contributed by atoms with Crippen LogP contribution in [0.1, 0.15) is 23.5 Å². The predicted octanol–water partition coefficient (Wildman–Crippen LogP) is 2.21. The van der Waals surface area contributed by atoms with Gasteiger partial charge in [-0.25, -0.2) is 22.5 Å². The number of thiazole rings is 1. The van der Waals surface area contributed by atoms with E-state index in [1.807, 2.05) is 0 Å². The number of nitrogens with zero attached hydrogens (tertiary/aromatic N) is 1. The minimum atomic E-state index is -3.86. The highest BCUT2D eigenvalue weighted by Crippen LogP contribution is 2.24. The minimum Gasteiger partial charge on any atom is -0.399 e. The molecule has 5 nitrogen and oxygen atoms in total. The van der Waals surface area contributed by atoms with Crippen molar-refractivity contribution in [3.63, 3.8) is 0 Å². The number of nitrogens with one attached hydrogen (secondary N) is 1. The van der Waals surface area contributed by atoms with Gasteiger partial charge in [0.05, 0.1) is 10.9 Å². The fourth-order valence-corrected chi connectivity index (χ4v) is 3.96. The smallest absolute Gasteiger partial charge is 0.241 e. The van der Waals surface area contributed by atoms with E-state index >= 15 is 0 Å². The number of hydrogen-bond acceptors (Lipinski definition) is 5. The zero-order valence-electron chi connectivity index (χ0n) is 10.9. The summed E-state index contributed by atoms with van der Waals surface area (Å²) in [5.74, 6) is -0.646. The van der Waals surface area contributed by atoms with E-state index in [1.165, 1.54) is 24.3 Å². The average Bonchev–Trinajstić information content (AvgIpc) is 2.86. The van der Waals surface area contributed by atoms with E-state index in [4.69, 9.17) is 5.73 Å². The van der Waals surface area contributed by atoms with Crippen LogP contribution < -0.4 is 10.5 Å². The Hall–Kier alpha value is -1.51. The molecule has 0 aliphatic heterocycles. The predicted molar refractivity (Wildman–Crippen MR) is 76.4 cm³/mol. The summed E-state index contributed by atoms with van der Waals surface area (Å²) in [6, 6.07) is 1.84. The first-order valence-electron chi connectivity index (χ1n) is 5.78. The minimum absolute atomic E-state index is 0.0399. The first kappa shape index (κ1) is 14.9. The molecule has 20 heavy (non-hydrogen) atoms. The zero-order chi connectivity index (χ0) is 14.9. The van der Waals surface area contributed by atoms with Crippen LogP contribution >= 0.6 is 11.3 Å². The summed E-state index contributed by atoms with van der Waals surface area (Å²) in [6.45, 7) is 3.08. The lowest BCUT2D eigenvalue weighted by Crippen LogP contribution is -2.27. The summed E-state index contributed by atoms with van der Waals surface area (Å²) in [4.78, 5) is 3.89. The maximum absolute atomic E-state index is 13.6. The summed E-state index contributed by atoms with van der Waals surface area (Å²) in [5, 5.41) is 2.39. The van der Waals surface area contributed by atoms with Gasteiger partial charge in [0.25, 0.3) is 0 Å². The van der Waals surface area contributed by atoms with Crippen LogP contribution in [-0.2, 0) is 10.0 Å². The Morgan fingerprint density at radius 3 is 2.75 bits per heavy atom. The lowest BCUT2D eigenvalue weighted by Gasteiger charge is -2.14. The number of rotatable bonds is 4. The Kier molecular flexibility index (Phi) is 4.07. The molecule has 0 fully saturated rings. The highest BCUT2D eigenvalue weighted by Gasteiger charge is 2.23. The van der Waals surface area contributed by atoms with E-state index in [0.717, 1.165) is 6.07 Å². The topological polar surface area (TPSA) is 85.1 Å². The van der Waals surface area contributed by atoms with Crippen LogP contribution in [0.25, 0.3) is 0 Å². The molecule has 1 atom stereocenters. The number of sulfonamides is 1. The van der Waals surface area contributed by atoms with Crippen LogP contribution in [0.4, 0.5) is 10.1 Å². The van der Waals surface area contributed by atoms with Gasteiger partial charge in [-0.3, -0.25) is 0 Å². The molecule has 2 rings (SSSR count). The zero-order valence-corrected chi connectivity index (χ0v) is 12.6. The maximum atomic E-state index is 13.6. The van der Waals surface area contributed by atoms with Crippen molar-refractivity contribution in [3.8, 4) is 0 Å². The number of halogens is 1. The average molecular weight is 315 g/mol. The molecule has 1 unspecified atom stereocenters. The van der Waals surface area contributed by atoms with Crippen LogP contribution in [0.5, 0.6) is 0 Å². The second-order valence-corrected chi connectivity index (χ2v) is 6.95. The van der Waals surface area contributed by atoms with Crippen LogP contribution in [0.3, 0.4) is 0 Å². The van der Waals surface area contributed by atoms with Crippen molar-refractivity contribution in [1.82, 2.24) is 9.71 Å². The summed E-state index contributed by atoms with van der Waals surface area (Å²) in [5.41, 5.74) is 5.61. The summed E-state index contributed by atoms with van der Waals surface area (Å²) >= 11 is 1.34. The third-order valence-electron chi connectivity index (χ3n) is 2.76. The molecule has 0 spiro atoms. The Labute approximate surface area is 120 Å². The molecule has 0 bridgehead atoms. The molecule has 3 N–H and O–H groups in total. The molecule has 1 aromatic carbocycles. The first-order valence-corrected chi connectivity index (χ1v) is 8.15. The van der Waals surface area contributed by atoms with Crippen molar-refractivity contribution in [2.45, 2.75) is 24.8 Å². The van der Waals surface area contributed by atoms with Crippen molar-refractivity contribution in [3.05, 3.63) is 40.1 Å². The number of nitrogens with two attached hydrogens (primary N) is 1. The van der Waals surface area contributed by atoms with Crippen molar-refractivity contribution in [2.75, 3.05) is 5.73 Å². The molecule has 8 heteroatoms. The lowest BCUT2D eigenvalue weighted by atomic mass is 10.2. The number of benzene rings is 1. The standard InChI is InChI=1S/C12H14FN3O2S2/c1-7-10(13)5-9(14)6-11(7)20(17,18)16-8(2)12-15-3-4-19-12/h3-6,8,16H,14H2,1-2H3. The van der Waals surface area contributed by atoms with E-state index in [2.05, 4.69) is 9.71 Å². The molecule has 0 saturated carbocycles. The van der Waals surface area contributed by atoms with Gasteiger partial charge in [0, 0.05) is 22.8 Å². The van der Waals surface area contributed by atoms with Gasteiger partial charge in [0.2, 0.25) is 10.0 Å². The molecule has 108 valence electrons. The summed E-state index contributed by atoms with van der Waals surface area (Å²) in [7, 11) is -3.86. The number of anilines is 1. The van der Waals surface area contributed by atoms with E-state index in [1.54, 1.807) is 18.5 Å². The first-order chi connectivity index (χ1) is 9.31. The van der Waals surface area contributed by atoms with Gasteiger partial charge in [-0.15, -0.1) is 11.3 Å². The molecule has 0 radical (unpaired) electrons. The van der Waals surface area contributed by atoms with Crippen LogP contribution in [-0.4, -0.2) is 13.4 Å². The highest BCUT2D eigenvalue weighted by molar-refractivity contribution is 7.89. The van der Waals surface area contributed by atoms with Crippen LogP contribution in [0.15, 0.2) is 28.6 Å². The van der Waals surface area contributed by atoms with Gasteiger partial charge < -0.3 is 5.73 Å². The van der Waals surface area contributed by atoms with Crippen molar-refractivity contribution < 1.29 is 12.8 Å². The Morgan fingerprint density at radius 1 is 1.45 bits per heavy atom. The molecule has 0 aliphatic rings. The highest BCUT2D eigenvalue weighted by atomic mass is 32.2. The number of aromatic nitrogens is 1. The molecule has 1 aromatic heterocycles.